The number of hydrogen-bond donors (Lipinski definition) is 2. The van der Waals surface area contributed by atoms with Crippen LogP contribution in [-0.2, 0) is 0 Å². The molecule has 3 aromatic rings. The van der Waals surface area contributed by atoms with E-state index in [1.54, 1.807) is 24.4 Å². The van der Waals surface area contributed by atoms with Gasteiger partial charge >= 0.3 is 0 Å². The number of anilines is 1. The minimum atomic E-state index is -0.344. The molecule has 0 unspecified atom stereocenters. The number of nitrogens with one attached hydrogen (secondary N) is 1. The Balaban J connectivity index is 2.20. The number of nitrogens with two attached hydrogens (primary N) is 1. The summed E-state index contributed by atoms with van der Waals surface area (Å²) in [5, 5.41) is 10.3. The van der Waals surface area contributed by atoms with Gasteiger partial charge in [0, 0.05) is 6.20 Å². The molecule has 0 saturated heterocycles. The van der Waals surface area contributed by atoms with Gasteiger partial charge in [0.2, 0.25) is 0 Å². The standard InChI is InChI=1S/C12H9FN4O/c13-8-3-1-2-7(6-8)10-11(18-17-12(10)14)9-4-5-15-16-9/h1-6H,(H2,14,17)(H,15,16). The Morgan fingerprint density at radius 2 is 2.17 bits per heavy atom. The number of hydrogen-bond acceptors (Lipinski definition) is 4. The molecule has 6 heteroatoms. The van der Waals surface area contributed by atoms with E-state index in [1.807, 2.05) is 0 Å². The van der Waals surface area contributed by atoms with Crippen LogP contribution in [0.2, 0.25) is 0 Å². The summed E-state index contributed by atoms with van der Waals surface area (Å²) in [6.45, 7) is 0. The second-order valence-corrected chi connectivity index (χ2v) is 3.75. The van der Waals surface area contributed by atoms with Crippen LogP contribution in [0.15, 0.2) is 41.1 Å². The molecular formula is C12H9FN4O. The zero-order chi connectivity index (χ0) is 12.5. The second-order valence-electron chi connectivity index (χ2n) is 3.75. The van der Waals surface area contributed by atoms with Crippen molar-refractivity contribution < 1.29 is 8.91 Å². The molecule has 0 aliphatic carbocycles. The molecule has 0 radical (unpaired) electrons. The number of H-pyrrole nitrogens is 1. The van der Waals surface area contributed by atoms with Crippen molar-refractivity contribution in [1.82, 2.24) is 15.4 Å². The maximum atomic E-state index is 13.3. The van der Waals surface area contributed by atoms with Crippen molar-refractivity contribution in [3.8, 4) is 22.6 Å². The molecular weight excluding hydrogens is 235 g/mol. The Kier molecular flexibility index (Phi) is 2.33. The van der Waals surface area contributed by atoms with E-state index in [0.717, 1.165) is 0 Å². The number of aromatic nitrogens is 3. The summed E-state index contributed by atoms with van der Waals surface area (Å²) >= 11 is 0. The lowest BCUT2D eigenvalue weighted by Gasteiger charge is -2.01. The fourth-order valence-electron chi connectivity index (χ4n) is 1.79. The molecule has 0 bridgehead atoms. The zero-order valence-electron chi connectivity index (χ0n) is 9.22. The van der Waals surface area contributed by atoms with Crippen molar-refractivity contribution >= 4 is 5.82 Å². The maximum Gasteiger partial charge on any atom is 0.194 e. The third kappa shape index (κ3) is 1.64. The summed E-state index contributed by atoms with van der Waals surface area (Å²) in [5.41, 5.74) is 7.57. The fourth-order valence-corrected chi connectivity index (χ4v) is 1.79. The number of nitrogen functional groups attached to an aromatic ring is 1. The number of nitrogens with zero attached hydrogens (tertiary/aromatic N) is 2. The highest BCUT2D eigenvalue weighted by Crippen LogP contribution is 2.35. The van der Waals surface area contributed by atoms with Gasteiger partial charge in [0.1, 0.15) is 11.5 Å². The van der Waals surface area contributed by atoms with Gasteiger partial charge in [-0.2, -0.15) is 5.10 Å². The number of benzene rings is 1. The molecule has 0 atom stereocenters. The van der Waals surface area contributed by atoms with Crippen molar-refractivity contribution in [3.05, 3.63) is 42.3 Å². The first-order valence-electron chi connectivity index (χ1n) is 5.26. The molecule has 0 spiro atoms. The monoisotopic (exact) mass is 244 g/mol. The Morgan fingerprint density at radius 1 is 1.28 bits per heavy atom. The number of halogens is 1. The van der Waals surface area contributed by atoms with E-state index in [9.17, 15) is 4.39 Å². The lowest BCUT2D eigenvalue weighted by molar-refractivity contribution is 0.434. The van der Waals surface area contributed by atoms with Crippen LogP contribution in [0.5, 0.6) is 0 Å². The normalized spacial score (nSPS) is 10.7. The first-order chi connectivity index (χ1) is 8.75. The Morgan fingerprint density at radius 3 is 2.89 bits per heavy atom. The Hall–Kier alpha value is -2.63. The van der Waals surface area contributed by atoms with Crippen LogP contribution < -0.4 is 5.73 Å². The first kappa shape index (κ1) is 10.5. The van der Waals surface area contributed by atoms with Crippen molar-refractivity contribution in [2.45, 2.75) is 0 Å². The maximum absolute atomic E-state index is 13.3. The molecule has 5 nitrogen and oxygen atoms in total. The van der Waals surface area contributed by atoms with E-state index < -0.39 is 0 Å². The number of rotatable bonds is 2. The Labute approximate surface area is 101 Å². The Bertz CT molecular complexity index is 675. The average molecular weight is 244 g/mol. The average Bonchev–Trinajstić information content (AvgIpc) is 2.97. The molecule has 3 rings (SSSR count). The van der Waals surface area contributed by atoms with Gasteiger partial charge in [-0.15, -0.1) is 0 Å². The summed E-state index contributed by atoms with van der Waals surface area (Å²) in [7, 11) is 0. The van der Waals surface area contributed by atoms with E-state index in [4.69, 9.17) is 10.3 Å². The molecule has 0 aliphatic rings. The molecule has 2 heterocycles. The summed E-state index contributed by atoms with van der Waals surface area (Å²) in [5.74, 6) is 0.310. The van der Waals surface area contributed by atoms with Gasteiger partial charge in [0.15, 0.2) is 11.6 Å². The van der Waals surface area contributed by atoms with Crippen LogP contribution >= 0.6 is 0 Å². The quantitative estimate of drug-likeness (QED) is 0.725. The predicted octanol–water partition coefficient (Wildman–Crippen LogP) is 2.45. The van der Waals surface area contributed by atoms with Crippen LogP contribution in [0, 0.1) is 5.82 Å². The van der Waals surface area contributed by atoms with Gasteiger partial charge in [0.05, 0.1) is 5.56 Å². The summed E-state index contributed by atoms with van der Waals surface area (Å²) in [4.78, 5) is 0. The molecule has 0 aliphatic heterocycles. The molecule has 18 heavy (non-hydrogen) atoms. The van der Waals surface area contributed by atoms with Gasteiger partial charge in [-0.1, -0.05) is 17.3 Å². The van der Waals surface area contributed by atoms with Gasteiger partial charge in [0.25, 0.3) is 0 Å². The van der Waals surface area contributed by atoms with Crippen molar-refractivity contribution in [1.29, 1.82) is 0 Å². The van der Waals surface area contributed by atoms with Crippen LogP contribution in [0.4, 0.5) is 10.2 Å². The topological polar surface area (TPSA) is 80.7 Å². The third-order valence-electron chi connectivity index (χ3n) is 2.58. The first-order valence-corrected chi connectivity index (χ1v) is 5.26. The summed E-state index contributed by atoms with van der Waals surface area (Å²) in [6, 6.07) is 7.81. The van der Waals surface area contributed by atoms with E-state index in [-0.39, 0.29) is 11.6 Å². The molecule has 0 saturated carbocycles. The molecule has 2 aromatic heterocycles. The smallest absolute Gasteiger partial charge is 0.194 e. The van der Waals surface area contributed by atoms with Crippen molar-refractivity contribution in [2.24, 2.45) is 0 Å². The molecule has 0 amide bonds. The number of aromatic amines is 1. The molecule has 90 valence electrons. The van der Waals surface area contributed by atoms with Crippen LogP contribution in [0.25, 0.3) is 22.6 Å². The minimum absolute atomic E-state index is 0.213. The van der Waals surface area contributed by atoms with Crippen LogP contribution in [0.3, 0.4) is 0 Å². The van der Waals surface area contributed by atoms with Gasteiger partial charge in [-0.05, 0) is 23.8 Å². The van der Waals surface area contributed by atoms with E-state index in [2.05, 4.69) is 15.4 Å². The van der Waals surface area contributed by atoms with Crippen molar-refractivity contribution in [3.63, 3.8) is 0 Å². The predicted molar refractivity (Wildman–Crippen MR) is 63.9 cm³/mol. The highest BCUT2D eigenvalue weighted by atomic mass is 19.1. The SMILES string of the molecule is Nc1noc(-c2ccn[nH]2)c1-c1cccc(F)c1. The van der Waals surface area contributed by atoms with Crippen LogP contribution in [-0.4, -0.2) is 15.4 Å². The highest BCUT2D eigenvalue weighted by Gasteiger charge is 2.18. The van der Waals surface area contributed by atoms with Gasteiger partial charge < -0.3 is 10.3 Å². The molecule has 0 fully saturated rings. The second kappa shape index (κ2) is 3.99. The minimum Gasteiger partial charge on any atom is -0.380 e. The van der Waals surface area contributed by atoms with Gasteiger partial charge in [-0.3, -0.25) is 5.10 Å². The van der Waals surface area contributed by atoms with E-state index >= 15 is 0 Å². The molecule has 3 N–H and O–H groups in total. The van der Waals surface area contributed by atoms with E-state index in [1.165, 1.54) is 12.1 Å². The van der Waals surface area contributed by atoms with Gasteiger partial charge in [-0.25, -0.2) is 4.39 Å². The zero-order valence-corrected chi connectivity index (χ0v) is 9.22. The van der Waals surface area contributed by atoms with E-state index in [0.29, 0.717) is 22.6 Å². The van der Waals surface area contributed by atoms with Crippen molar-refractivity contribution in [2.75, 3.05) is 5.73 Å². The lowest BCUT2D eigenvalue weighted by Crippen LogP contribution is -1.89. The summed E-state index contributed by atoms with van der Waals surface area (Å²) in [6.07, 6.45) is 1.59. The largest absolute Gasteiger partial charge is 0.380 e. The molecule has 1 aromatic carbocycles. The summed E-state index contributed by atoms with van der Waals surface area (Å²) < 4.78 is 18.4. The van der Waals surface area contributed by atoms with Crippen LogP contribution in [0.1, 0.15) is 0 Å². The highest BCUT2D eigenvalue weighted by molar-refractivity contribution is 5.85. The third-order valence-corrected chi connectivity index (χ3v) is 2.58. The fraction of sp³-hybridized carbons (Fsp3) is 0. The lowest BCUT2D eigenvalue weighted by atomic mass is 10.0.